The molecule has 2 amide bonds. The van der Waals surface area contributed by atoms with Crippen LogP contribution < -0.4 is 10.9 Å². The van der Waals surface area contributed by atoms with E-state index in [0.717, 1.165) is 21.4 Å². The second-order valence-electron chi connectivity index (χ2n) is 7.72. The molecule has 3 heterocycles. The smallest absolute Gasteiger partial charge is 0.345 e. The molecular weight excluding hydrogens is 425 g/mol. The second kappa shape index (κ2) is 8.13. The molecule has 8 nitrogen and oxygen atoms in total. The zero-order valence-electron chi connectivity index (χ0n) is 17.4. The van der Waals surface area contributed by atoms with Gasteiger partial charge in [-0.2, -0.15) is 13.2 Å². The molecule has 0 saturated carbocycles. The van der Waals surface area contributed by atoms with Crippen LogP contribution in [0.5, 0.6) is 0 Å². The Morgan fingerprint density at radius 1 is 1.38 bits per heavy atom. The van der Waals surface area contributed by atoms with Gasteiger partial charge in [-0.3, -0.25) is 4.79 Å². The van der Waals surface area contributed by atoms with Gasteiger partial charge in [0.1, 0.15) is 11.2 Å². The number of H-pyrrole nitrogens is 1. The van der Waals surface area contributed by atoms with Crippen LogP contribution in [0, 0.1) is 0 Å². The van der Waals surface area contributed by atoms with Gasteiger partial charge in [0.2, 0.25) is 0 Å². The number of nitrogens with one attached hydrogen (secondary N) is 2. The van der Waals surface area contributed by atoms with Gasteiger partial charge in [-0.25, -0.2) is 14.8 Å². The van der Waals surface area contributed by atoms with E-state index in [0.29, 0.717) is 37.2 Å². The van der Waals surface area contributed by atoms with Gasteiger partial charge in [-0.1, -0.05) is 6.08 Å². The number of amides is 2. The minimum absolute atomic E-state index is 0.169. The van der Waals surface area contributed by atoms with Crippen molar-refractivity contribution in [2.45, 2.75) is 31.5 Å². The van der Waals surface area contributed by atoms with Crippen molar-refractivity contribution in [1.82, 2.24) is 24.4 Å². The Hall–Kier alpha value is -3.63. The molecule has 0 fully saturated rings. The molecule has 0 aromatic carbocycles. The zero-order valence-corrected chi connectivity index (χ0v) is 17.4. The van der Waals surface area contributed by atoms with Crippen LogP contribution in [0.2, 0.25) is 0 Å². The third-order valence-electron chi connectivity index (χ3n) is 5.59. The molecule has 11 heteroatoms. The van der Waals surface area contributed by atoms with E-state index in [2.05, 4.69) is 20.3 Å². The van der Waals surface area contributed by atoms with Crippen molar-refractivity contribution in [3.63, 3.8) is 0 Å². The molecular formula is C21H21F3N6O2. The van der Waals surface area contributed by atoms with Crippen LogP contribution in [0.3, 0.4) is 0 Å². The number of hydrogen-bond acceptors (Lipinski definition) is 4. The number of pyridine rings is 1. The summed E-state index contributed by atoms with van der Waals surface area (Å²) in [6.45, 7) is 0. The van der Waals surface area contributed by atoms with Crippen molar-refractivity contribution >= 4 is 28.5 Å². The SMILES string of the molecule is CN(C(=O)Nc1cc(C(F)(F)F)cn(C)c1=O)[C@H]1CC=C(c2cnc3[nH]ccc3n2)CC1. The molecule has 0 saturated heterocycles. The molecule has 1 aliphatic carbocycles. The lowest BCUT2D eigenvalue weighted by Gasteiger charge is -2.30. The van der Waals surface area contributed by atoms with Crippen LogP contribution in [-0.4, -0.2) is 43.5 Å². The van der Waals surface area contributed by atoms with Crippen LogP contribution >= 0.6 is 0 Å². The van der Waals surface area contributed by atoms with E-state index < -0.39 is 29.0 Å². The van der Waals surface area contributed by atoms with Crippen molar-refractivity contribution in [2.24, 2.45) is 7.05 Å². The first-order chi connectivity index (χ1) is 15.1. The number of aromatic amines is 1. The Labute approximate surface area is 180 Å². The number of nitrogens with zero attached hydrogens (tertiary/aromatic N) is 4. The molecule has 3 aromatic heterocycles. The Balaban J connectivity index is 1.46. The highest BCUT2D eigenvalue weighted by atomic mass is 19.4. The average Bonchev–Trinajstić information content (AvgIpc) is 3.23. The van der Waals surface area contributed by atoms with Crippen molar-refractivity contribution in [2.75, 3.05) is 12.4 Å². The lowest BCUT2D eigenvalue weighted by Crippen LogP contribution is -2.41. The minimum atomic E-state index is -4.63. The first kappa shape index (κ1) is 21.6. The predicted molar refractivity (Wildman–Crippen MR) is 113 cm³/mol. The summed E-state index contributed by atoms with van der Waals surface area (Å²) in [7, 11) is 2.76. The van der Waals surface area contributed by atoms with Gasteiger partial charge in [-0.05, 0) is 37.0 Å². The number of fused-ring (bicyclic) bond motifs is 1. The van der Waals surface area contributed by atoms with E-state index >= 15 is 0 Å². The van der Waals surface area contributed by atoms with E-state index in [1.54, 1.807) is 19.4 Å². The molecule has 0 spiro atoms. The summed E-state index contributed by atoms with van der Waals surface area (Å²) in [6.07, 6.45) is 3.38. The van der Waals surface area contributed by atoms with Crippen molar-refractivity contribution in [3.8, 4) is 0 Å². The maximum Gasteiger partial charge on any atom is 0.417 e. The van der Waals surface area contributed by atoms with E-state index in [-0.39, 0.29) is 6.04 Å². The van der Waals surface area contributed by atoms with Gasteiger partial charge in [0.15, 0.2) is 5.65 Å². The topological polar surface area (TPSA) is 95.9 Å². The summed E-state index contributed by atoms with van der Waals surface area (Å²) in [4.78, 5) is 38.2. The molecule has 0 radical (unpaired) electrons. The highest BCUT2D eigenvalue weighted by molar-refractivity contribution is 5.89. The predicted octanol–water partition coefficient (Wildman–Crippen LogP) is 3.78. The van der Waals surface area contributed by atoms with Gasteiger partial charge in [-0.15, -0.1) is 0 Å². The Morgan fingerprint density at radius 3 is 2.84 bits per heavy atom. The fraction of sp³-hybridized carbons (Fsp3) is 0.333. The number of hydrogen-bond donors (Lipinski definition) is 2. The second-order valence-corrected chi connectivity index (χ2v) is 7.72. The van der Waals surface area contributed by atoms with E-state index in [9.17, 15) is 22.8 Å². The van der Waals surface area contributed by atoms with Crippen LogP contribution in [0.15, 0.2) is 41.6 Å². The monoisotopic (exact) mass is 446 g/mol. The number of anilines is 1. The maximum absolute atomic E-state index is 13.1. The highest BCUT2D eigenvalue weighted by Gasteiger charge is 2.32. The van der Waals surface area contributed by atoms with Crippen LogP contribution in [0.25, 0.3) is 16.7 Å². The third kappa shape index (κ3) is 4.23. The van der Waals surface area contributed by atoms with Crippen LogP contribution in [0.4, 0.5) is 23.7 Å². The van der Waals surface area contributed by atoms with Gasteiger partial charge in [0.05, 0.1) is 17.5 Å². The lowest BCUT2D eigenvalue weighted by atomic mass is 9.93. The minimum Gasteiger partial charge on any atom is -0.345 e. The quantitative estimate of drug-likeness (QED) is 0.640. The molecule has 1 atom stereocenters. The molecule has 4 rings (SSSR count). The number of aromatic nitrogens is 4. The summed E-state index contributed by atoms with van der Waals surface area (Å²) in [5.41, 5.74) is 1.13. The molecule has 0 unspecified atom stereocenters. The fourth-order valence-electron chi connectivity index (χ4n) is 3.72. The summed E-state index contributed by atoms with van der Waals surface area (Å²) < 4.78 is 40.0. The van der Waals surface area contributed by atoms with Crippen LogP contribution in [-0.2, 0) is 13.2 Å². The first-order valence-corrected chi connectivity index (χ1v) is 9.94. The van der Waals surface area contributed by atoms with Gasteiger partial charge < -0.3 is 19.8 Å². The van der Waals surface area contributed by atoms with Crippen molar-refractivity contribution in [1.29, 1.82) is 0 Å². The Morgan fingerprint density at radius 2 is 2.16 bits per heavy atom. The van der Waals surface area contributed by atoms with Gasteiger partial charge in [0.25, 0.3) is 5.56 Å². The lowest BCUT2D eigenvalue weighted by molar-refractivity contribution is -0.138. The van der Waals surface area contributed by atoms with Gasteiger partial charge >= 0.3 is 12.2 Å². The number of urea groups is 1. The average molecular weight is 446 g/mol. The van der Waals surface area contributed by atoms with Gasteiger partial charge in [0, 0.05) is 32.5 Å². The van der Waals surface area contributed by atoms with E-state index in [1.165, 1.54) is 11.9 Å². The summed E-state index contributed by atoms with van der Waals surface area (Å²) in [5, 5.41) is 2.33. The summed E-state index contributed by atoms with van der Waals surface area (Å²) in [6, 6.07) is 1.69. The van der Waals surface area contributed by atoms with Crippen molar-refractivity contribution < 1.29 is 18.0 Å². The Bertz CT molecular complexity index is 1260. The number of halogens is 3. The van der Waals surface area contributed by atoms with E-state index in [4.69, 9.17) is 0 Å². The number of alkyl halides is 3. The molecule has 2 N–H and O–H groups in total. The van der Waals surface area contributed by atoms with E-state index in [1.807, 2.05) is 12.1 Å². The number of aryl methyl sites for hydroxylation is 1. The van der Waals surface area contributed by atoms with Crippen LogP contribution in [0.1, 0.15) is 30.5 Å². The number of carbonyl (C=O) groups is 1. The number of carbonyl (C=O) groups excluding carboxylic acids is 1. The molecule has 3 aromatic rings. The standard InChI is InChI=1S/C21H21F3N6O2/c1-29-11-13(21(22,23)24)9-16(19(29)31)28-20(32)30(2)14-5-3-12(4-6-14)17-10-26-18-15(27-17)7-8-25-18/h3,7-11,14H,4-6H2,1-2H3,(H,25,26)(H,28,32)/t14-/m0/s1. The first-order valence-electron chi connectivity index (χ1n) is 9.94. The molecule has 1 aliphatic rings. The summed E-state index contributed by atoms with van der Waals surface area (Å²) >= 11 is 0. The zero-order chi connectivity index (χ0) is 23.0. The Kier molecular flexibility index (Phi) is 5.49. The third-order valence-corrected chi connectivity index (χ3v) is 5.59. The normalized spacial score (nSPS) is 16.7. The largest absolute Gasteiger partial charge is 0.417 e. The number of allylic oxidation sites excluding steroid dienone is 1. The maximum atomic E-state index is 13.1. The fourth-order valence-corrected chi connectivity index (χ4v) is 3.72. The molecule has 0 aliphatic heterocycles. The highest BCUT2D eigenvalue weighted by Crippen LogP contribution is 2.30. The molecule has 168 valence electrons. The van der Waals surface area contributed by atoms with Crippen molar-refractivity contribution in [3.05, 3.63) is 58.4 Å². The molecule has 32 heavy (non-hydrogen) atoms. The summed E-state index contributed by atoms with van der Waals surface area (Å²) in [5.74, 6) is 0. The molecule has 0 bridgehead atoms. The number of rotatable bonds is 3.